The van der Waals surface area contributed by atoms with Gasteiger partial charge in [-0.2, -0.15) is 0 Å². The van der Waals surface area contributed by atoms with Gasteiger partial charge in [-0.05, 0) is 43.0 Å². The second-order valence-electron chi connectivity index (χ2n) is 8.40. The summed E-state index contributed by atoms with van der Waals surface area (Å²) in [6.45, 7) is 0.902. The number of carbonyl (C=O) groups is 3. The molecular formula is C25H27FN2O5. The van der Waals surface area contributed by atoms with Crippen molar-refractivity contribution in [3.8, 4) is 5.75 Å². The van der Waals surface area contributed by atoms with Crippen LogP contribution in [0, 0.1) is 5.82 Å². The first-order valence-electron chi connectivity index (χ1n) is 11.1. The molecular weight excluding hydrogens is 427 g/mol. The molecule has 33 heavy (non-hydrogen) atoms. The topological polar surface area (TPSA) is 76.2 Å². The Morgan fingerprint density at radius 1 is 1.15 bits per heavy atom. The van der Waals surface area contributed by atoms with Crippen LogP contribution in [0.1, 0.15) is 41.6 Å². The number of hydrogen-bond donors (Lipinski definition) is 0. The monoisotopic (exact) mass is 454 g/mol. The number of benzene rings is 2. The molecule has 0 radical (unpaired) electrons. The van der Waals surface area contributed by atoms with E-state index in [0.29, 0.717) is 6.54 Å². The van der Waals surface area contributed by atoms with E-state index >= 15 is 0 Å². The molecule has 2 aliphatic heterocycles. The van der Waals surface area contributed by atoms with Gasteiger partial charge in [-0.25, -0.2) is 9.18 Å². The smallest absolute Gasteiger partial charge is 0.329 e. The quantitative estimate of drug-likeness (QED) is 0.666. The number of fused-ring (bicyclic) bond motifs is 2. The first kappa shape index (κ1) is 22.8. The normalized spacial score (nSPS) is 21.4. The summed E-state index contributed by atoms with van der Waals surface area (Å²) in [6, 6.07) is 11.8. The summed E-state index contributed by atoms with van der Waals surface area (Å²) < 4.78 is 25.4. The molecule has 7 nitrogen and oxygen atoms in total. The van der Waals surface area contributed by atoms with Crippen molar-refractivity contribution in [3.05, 3.63) is 65.5 Å². The highest BCUT2D eigenvalue weighted by Crippen LogP contribution is 2.27. The van der Waals surface area contributed by atoms with E-state index in [2.05, 4.69) is 0 Å². The third-order valence-electron chi connectivity index (χ3n) is 6.22. The zero-order valence-corrected chi connectivity index (χ0v) is 18.5. The van der Waals surface area contributed by atoms with Gasteiger partial charge in [0.25, 0.3) is 5.91 Å². The maximum absolute atomic E-state index is 14.0. The van der Waals surface area contributed by atoms with Gasteiger partial charge < -0.3 is 19.3 Å². The number of esters is 1. The Kier molecular flexibility index (Phi) is 6.91. The standard InChI is InChI=1S/C25H27FN2O5/c1-27-21(25(31)33-15-17-6-3-2-4-7-17)10-12-23(29)28-13-5-8-19(28)16-32-22-11-9-18(26)14-20(22)24(27)30/h2-4,6-7,9,11,14,19,21H,5,8,10,12-13,15-16H2,1H3/t19-,21-/m0/s1. The maximum atomic E-state index is 14.0. The Bertz CT molecular complexity index is 1030. The van der Waals surface area contributed by atoms with E-state index in [-0.39, 0.29) is 49.3 Å². The third kappa shape index (κ3) is 5.16. The Balaban J connectivity index is 1.62. The van der Waals surface area contributed by atoms with E-state index in [4.69, 9.17) is 9.47 Å². The molecule has 0 spiro atoms. The minimum absolute atomic E-state index is 0.0369. The number of carbonyl (C=O) groups excluding carboxylic acids is 3. The maximum Gasteiger partial charge on any atom is 0.329 e. The molecule has 2 aromatic carbocycles. The molecule has 0 bridgehead atoms. The van der Waals surface area contributed by atoms with E-state index in [1.54, 1.807) is 4.90 Å². The van der Waals surface area contributed by atoms with Crippen molar-refractivity contribution in [2.45, 2.75) is 44.4 Å². The highest BCUT2D eigenvalue weighted by molar-refractivity contribution is 5.99. The van der Waals surface area contributed by atoms with Crippen LogP contribution in [0.5, 0.6) is 5.75 Å². The fourth-order valence-corrected chi connectivity index (χ4v) is 4.35. The van der Waals surface area contributed by atoms with Crippen LogP contribution >= 0.6 is 0 Å². The lowest BCUT2D eigenvalue weighted by atomic mass is 10.1. The third-order valence-corrected chi connectivity index (χ3v) is 6.22. The van der Waals surface area contributed by atoms with Gasteiger partial charge in [0.2, 0.25) is 5.91 Å². The number of amides is 2. The number of hydrogen-bond acceptors (Lipinski definition) is 5. The molecule has 4 rings (SSSR count). The molecule has 2 aliphatic rings. The molecule has 174 valence electrons. The van der Waals surface area contributed by atoms with Crippen LogP contribution < -0.4 is 4.74 Å². The summed E-state index contributed by atoms with van der Waals surface area (Å²) in [5, 5.41) is 0. The lowest BCUT2D eigenvalue weighted by Crippen LogP contribution is -2.46. The minimum atomic E-state index is -0.998. The van der Waals surface area contributed by atoms with Gasteiger partial charge in [-0.1, -0.05) is 30.3 Å². The zero-order valence-electron chi connectivity index (χ0n) is 18.5. The molecule has 0 N–H and O–H groups in total. The summed E-state index contributed by atoms with van der Waals surface area (Å²) in [6.07, 6.45) is 1.86. The second-order valence-corrected chi connectivity index (χ2v) is 8.40. The molecule has 2 atom stereocenters. The first-order valence-corrected chi connectivity index (χ1v) is 11.1. The molecule has 0 aromatic heterocycles. The fourth-order valence-electron chi connectivity index (χ4n) is 4.35. The molecule has 1 fully saturated rings. The average molecular weight is 454 g/mol. The summed E-state index contributed by atoms with van der Waals surface area (Å²) in [4.78, 5) is 42.2. The van der Waals surface area contributed by atoms with E-state index in [9.17, 15) is 18.8 Å². The second kappa shape index (κ2) is 10.0. The van der Waals surface area contributed by atoms with Crippen LogP contribution in [0.3, 0.4) is 0 Å². The van der Waals surface area contributed by atoms with Gasteiger partial charge in [-0.3, -0.25) is 9.59 Å². The lowest BCUT2D eigenvalue weighted by Gasteiger charge is -2.30. The number of likely N-dealkylation sites (N-methyl/N-ethyl adjacent to an activating group) is 1. The highest BCUT2D eigenvalue weighted by Gasteiger charge is 2.35. The molecule has 2 heterocycles. The molecule has 2 amide bonds. The van der Waals surface area contributed by atoms with Crippen molar-refractivity contribution in [2.75, 3.05) is 20.2 Å². The van der Waals surface area contributed by atoms with E-state index in [1.807, 2.05) is 30.3 Å². The summed E-state index contributed by atoms with van der Waals surface area (Å²) in [5.74, 6) is -1.61. The number of ether oxygens (including phenoxy) is 2. The van der Waals surface area contributed by atoms with Crippen LogP contribution in [0.2, 0.25) is 0 Å². The van der Waals surface area contributed by atoms with Crippen molar-refractivity contribution in [1.82, 2.24) is 9.80 Å². The summed E-state index contributed by atoms with van der Waals surface area (Å²) >= 11 is 0. The Morgan fingerprint density at radius 3 is 2.73 bits per heavy atom. The van der Waals surface area contributed by atoms with Crippen LogP contribution in [0.15, 0.2) is 48.5 Å². The minimum Gasteiger partial charge on any atom is -0.491 e. The van der Waals surface area contributed by atoms with Gasteiger partial charge in [0.1, 0.15) is 30.8 Å². The predicted octanol–water partition coefficient (Wildman–Crippen LogP) is 3.17. The Labute approximate surface area is 192 Å². The van der Waals surface area contributed by atoms with Gasteiger partial charge in [0.15, 0.2) is 0 Å². The first-order chi connectivity index (χ1) is 15.9. The van der Waals surface area contributed by atoms with Crippen molar-refractivity contribution < 1.29 is 28.2 Å². The molecule has 8 heteroatoms. The highest BCUT2D eigenvalue weighted by atomic mass is 19.1. The van der Waals surface area contributed by atoms with E-state index in [0.717, 1.165) is 24.5 Å². The van der Waals surface area contributed by atoms with Gasteiger partial charge in [0, 0.05) is 20.0 Å². The van der Waals surface area contributed by atoms with Crippen LogP contribution in [-0.2, 0) is 20.9 Å². The fraction of sp³-hybridized carbons (Fsp3) is 0.400. The lowest BCUT2D eigenvalue weighted by molar-refractivity contribution is -0.150. The largest absolute Gasteiger partial charge is 0.491 e. The number of halogens is 1. The van der Waals surface area contributed by atoms with E-state index in [1.165, 1.54) is 24.1 Å². The average Bonchev–Trinajstić information content (AvgIpc) is 3.30. The van der Waals surface area contributed by atoms with Gasteiger partial charge in [-0.15, -0.1) is 0 Å². The van der Waals surface area contributed by atoms with Gasteiger partial charge in [0.05, 0.1) is 11.6 Å². The van der Waals surface area contributed by atoms with Crippen LogP contribution in [-0.4, -0.2) is 59.9 Å². The zero-order chi connectivity index (χ0) is 23.4. The molecule has 1 saturated heterocycles. The van der Waals surface area contributed by atoms with Crippen molar-refractivity contribution in [1.29, 1.82) is 0 Å². The van der Waals surface area contributed by atoms with Crippen molar-refractivity contribution in [3.63, 3.8) is 0 Å². The Hall–Kier alpha value is -3.42. The molecule has 0 saturated carbocycles. The summed E-state index contributed by atoms with van der Waals surface area (Å²) in [5.41, 5.74) is 0.847. The Morgan fingerprint density at radius 2 is 1.94 bits per heavy atom. The summed E-state index contributed by atoms with van der Waals surface area (Å²) in [7, 11) is 1.46. The molecule has 0 unspecified atom stereocenters. The predicted molar refractivity (Wildman–Crippen MR) is 118 cm³/mol. The van der Waals surface area contributed by atoms with Crippen molar-refractivity contribution in [2.24, 2.45) is 0 Å². The van der Waals surface area contributed by atoms with Crippen LogP contribution in [0.25, 0.3) is 0 Å². The molecule has 0 aliphatic carbocycles. The van der Waals surface area contributed by atoms with Crippen LogP contribution in [0.4, 0.5) is 4.39 Å². The van der Waals surface area contributed by atoms with Crippen molar-refractivity contribution >= 4 is 17.8 Å². The van der Waals surface area contributed by atoms with E-state index < -0.39 is 23.7 Å². The molecule has 2 aromatic rings. The number of nitrogens with zero attached hydrogens (tertiary/aromatic N) is 2. The van der Waals surface area contributed by atoms with Gasteiger partial charge >= 0.3 is 5.97 Å². The number of rotatable bonds is 3. The SMILES string of the molecule is CN1C(=O)c2cc(F)ccc2OC[C@@H]2CCCN2C(=O)CC[C@H]1C(=O)OCc1ccccc1.